The van der Waals surface area contributed by atoms with E-state index in [2.05, 4.69) is 5.32 Å². The molecule has 4 rings (SSSR count). The van der Waals surface area contributed by atoms with Gasteiger partial charge in [-0.2, -0.15) is 0 Å². The molecule has 1 heterocycles. The summed E-state index contributed by atoms with van der Waals surface area (Å²) in [5, 5.41) is 19.8. The number of fused-ring (bicyclic) bond motifs is 1. The highest BCUT2D eigenvalue weighted by atomic mass is 19.1. The number of benzene rings is 3. The molecule has 12 heteroatoms. The predicted octanol–water partition coefficient (Wildman–Crippen LogP) is 3.35. The molecule has 1 unspecified atom stereocenters. The summed E-state index contributed by atoms with van der Waals surface area (Å²) in [6.07, 6.45) is 0.0168. The monoisotopic (exact) mass is 549 g/mol. The van der Waals surface area contributed by atoms with Crippen LogP contribution >= 0.6 is 0 Å². The minimum absolute atomic E-state index is 0.0155. The van der Waals surface area contributed by atoms with E-state index in [1.807, 2.05) is 0 Å². The fourth-order valence-electron chi connectivity index (χ4n) is 4.39. The lowest BCUT2D eigenvalue weighted by molar-refractivity contribution is -0.142. The second-order valence-corrected chi connectivity index (χ2v) is 9.09. The van der Waals surface area contributed by atoms with Crippen molar-refractivity contribution in [1.29, 1.82) is 5.41 Å². The molecule has 0 fully saturated rings. The maximum Gasteiger partial charge on any atom is 0.326 e. The number of nitrogens with two attached hydrogens (primary N) is 1. The van der Waals surface area contributed by atoms with Gasteiger partial charge >= 0.3 is 5.97 Å². The molecule has 0 radical (unpaired) electrons. The summed E-state index contributed by atoms with van der Waals surface area (Å²) in [5.41, 5.74) is 6.27. The minimum atomic E-state index is -1.31. The smallest absolute Gasteiger partial charge is 0.326 e. The van der Waals surface area contributed by atoms with Gasteiger partial charge in [-0.15, -0.1) is 0 Å². The predicted molar refractivity (Wildman–Crippen MR) is 142 cm³/mol. The highest BCUT2D eigenvalue weighted by Gasteiger charge is 2.37. The summed E-state index contributed by atoms with van der Waals surface area (Å²) in [6.45, 7) is 0.616. The average Bonchev–Trinajstić information content (AvgIpc) is 3.00. The lowest BCUT2D eigenvalue weighted by Crippen LogP contribution is -2.48. The van der Waals surface area contributed by atoms with Gasteiger partial charge in [-0.1, -0.05) is 25.1 Å². The number of amidine groups is 1. The van der Waals surface area contributed by atoms with Crippen molar-refractivity contribution in [1.82, 2.24) is 4.90 Å². The number of aliphatic carboxylic acids is 1. The first-order valence-corrected chi connectivity index (χ1v) is 12.2. The molecule has 0 spiro atoms. The molecule has 0 saturated heterocycles. The zero-order valence-electron chi connectivity index (χ0n) is 21.3. The van der Waals surface area contributed by atoms with E-state index in [0.29, 0.717) is 11.6 Å². The van der Waals surface area contributed by atoms with Gasteiger partial charge in [0.05, 0.1) is 17.8 Å². The fourth-order valence-corrected chi connectivity index (χ4v) is 4.39. The first-order valence-electron chi connectivity index (χ1n) is 12.2. The molecular weight excluding hydrogens is 524 g/mol. The van der Waals surface area contributed by atoms with Crippen molar-refractivity contribution in [3.63, 3.8) is 0 Å². The zero-order chi connectivity index (χ0) is 29.1. The summed E-state index contributed by atoms with van der Waals surface area (Å²) < 4.78 is 28.0. The quantitative estimate of drug-likeness (QED) is 0.249. The number of nitrogens with zero attached hydrogens (tertiary/aromatic N) is 2. The molecule has 1 aliphatic rings. The Balaban J connectivity index is 1.74. The molecule has 10 nitrogen and oxygen atoms in total. The minimum Gasteiger partial charge on any atom is -0.480 e. The van der Waals surface area contributed by atoms with Gasteiger partial charge in [-0.25, -0.2) is 13.6 Å². The topological polar surface area (TPSA) is 157 Å². The van der Waals surface area contributed by atoms with Crippen molar-refractivity contribution in [3.05, 3.63) is 94.6 Å². The van der Waals surface area contributed by atoms with Crippen molar-refractivity contribution in [3.8, 4) is 0 Å². The normalized spacial score (nSPS) is 13.9. The van der Waals surface area contributed by atoms with E-state index in [9.17, 15) is 33.1 Å². The number of carbonyl (C=O) groups is 4. The summed E-state index contributed by atoms with van der Waals surface area (Å²) >= 11 is 0. The molecule has 1 aliphatic heterocycles. The number of rotatable bonds is 8. The van der Waals surface area contributed by atoms with Crippen LogP contribution < -0.4 is 16.0 Å². The molecule has 3 amide bonds. The third kappa shape index (κ3) is 5.65. The van der Waals surface area contributed by atoms with E-state index in [4.69, 9.17) is 11.1 Å². The average molecular weight is 550 g/mol. The number of carboxylic acid groups (broad SMARTS) is 1. The number of nitrogen functional groups attached to an aromatic ring is 1. The molecular formula is C28H25F2N5O5. The number of carbonyl (C=O) groups excluding carboxylic acids is 3. The van der Waals surface area contributed by atoms with E-state index in [0.717, 1.165) is 15.9 Å². The maximum atomic E-state index is 14.5. The third-order valence-corrected chi connectivity index (χ3v) is 6.49. The number of hydrogen-bond donors (Lipinski definition) is 4. The Labute approximate surface area is 227 Å². The third-order valence-electron chi connectivity index (χ3n) is 6.49. The van der Waals surface area contributed by atoms with E-state index >= 15 is 0 Å². The Morgan fingerprint density at radius 2 is 1.73 bits per heavy atom. The van der Waals surface area contributed by atoms with E-state index in [-0.39, 0.29) is 46.9 Å². The lowest BCUT2D eigenvalue weighted by Gasteiger charge is -2.26. The van der Waals surface area contributed by atoms with E-state index < -0.39 is 47.9 Å². The van der Waals surface area contributed by atoms with Crippen LogP contribution in [0.2, 0.25) is 0 Å². The van der Waals surface area contributed by atoms with Gasteiger partial charge in [0.25, 0.3) is 11.8 Å². The van der Waals surface area contributed by atoms with Gasteiger partial charge in [0.15, 0.2) is 0 Å². The van der Waals surface area contributed by atoms with E-state index in [1.54, 1.807) is 6.92 Å². The molecule has 0 aliphatic carbocycles. The molecule has 206 valence electrons. The van der Waals surface area contributed by atoms with Crippen LogP contribution in [0, 0.1) is 17.0 Å². The Morgan fingerprint density at radius 3 is 2.33 bits per heavy atom. The van der Waals surface area contributed by atoms with Gasteiger partial charge in [0.2, 0.25) is 5.91 Å². The van der Waals surface area contributed by atoms with Crippen molar-refractivity contribution in [2.75, 3.05) is 16.8 Å². The van der Waals surface area contributed by atoms with Crippen LogP contribution in [0.4, 0.5) is 20.2 Å². The number of anilines is 2. The van der Waals surface area contributed by atoms with Gasteiger partial charge in [0, 0.05) is 28.4 Å². The zero-order valence-corrected chi connectivity index (χ0v) is 21.3. The Hall–Kier alpha value is -5.13. The van der Waals surface area contributed by atoms with Crippen molar-refractivity contribution >= 4 is 40.9 Å². The Kier molecular flexibility index (Phi) is 7.89. The van der Waals surface area contributed by atoms with Crippen LogP contribution in [0.25, 0.3) is 0 Å². The SMILES string of the molecule is CCC(C(=O)O)N1CC(=O)N(Cc2ccc(F)cc2F)c2ccc(NC(=O)c3ccc(C(=N)N)cc3)cc2C1=O. The summed E-state index contributed by atoms with van der Waals surface area (Å²) in [7, 11) is 0. The first-order chi connectivity index (χ1) is 19.0. The number of hydrogen-bond acceptors (Lipinski definition) is 5. The summed E-state index contributed by atoms with van der Waals surface area (Å²) in [6, 6.07) is 11.7. The first kappa shape index (κ1) is 27.9. The lowest BCUT2D eigenvalue weighted by atomic mass is 10.1. The van der Waals surface area contributed by atoms with Crippen LogP contribution in [0.3, 0.4) is 0 Å². The van der Waals surface area contributed by atoms with Gasteiger partial charge in [-0.05, 0) is 42.8 Å². The van der Waals surface area contributed by atoms with Crippen LogP contribution in [0.1, 0.15) is 45.2 Å². The maximum absolute atomic E-state index is 14.5. The number of halogens is 2. The van der Waals surface area contributed by atoms with Crippen LogP contribution in [0.15, 0.2) is 60.7 Å². The van der Waals surface area contributed by atoms with Crippen LogP contribution in [-0.4, -0.2) is 52.1 Å². The van der Waals surface area contributed by atoms with Crippen molar-refractivity contribution < 1.29 is 33.1 Å². The Morgan fingerprint density at radius 1 is 1.05 bits per heavy atom. The fraction of sp³-hybridized carbons (Fsp3) is 0.179. The molecule has 1 atom stereocenters. The van der Waals surface area contributed by atoms with Gasteiger partial charge in [-0.3, -0.25) is 19.8 Å². The second-order valence-electron chi connectivity index (χ2n) is 9.09. The summed E-state index contributed by atoms with van der Waals surface area (Å²) in [5.74, 6) is -5.12. The molecule has 0 bridgehead atoms. The molecule has 5 N–H and O–H groups in total. The molecule has 0 saturated carbocycles. The highest BCUT2D eigenvalue weighted by Crippen LogP contribution is 2.32. The van der Waals surface area contributed by atoms with Gasteiger partial charge < -0.3 is 26.0 Å². The molecule has 3 aromatic carbocycles. The Bertz CT molecular complexity index is 1530. The number of amides is 3. The highest BCUT2D eigenvalue weighted by molar-refractivity contribution is 6.12. The van der Waals surface area contributed by atoms with Crippen LogP contribution in [-0.2, 0) is 16.1 Å². The van der Waals surface area contributed by atoms with Crippen LogP contribution in [0.5, 0.6) is 0 Å². The van der Waals surface area contributed by atoms with Crippen molar-refractivity contribution in [2.45, 2.75) is 25.9 Å². The second kappa shape index (κ2) is 11.3. The molecule has 3 aromatic rings. The summed E-state index contributed by atoms with van der Waals surface area (Å²) in [4.78, 5) is 53.8. The van der Waals surface area contributed by atoms with Crippen molar-refractivity contribution in [2.24, 2.45) is 5.73 Å². The molecule has 40 heavy (non-hydrogen) atoms. The number of nitrogens with one attached hydrogen (secondary N) is 2. The van der Waals surface area contributed by atoms with Gasteiger partial charge in [0.1, 0.15) is 30.1 Å². The standard InChI is InChI=1S/C28H25F2N5O5/c1-2-22(28(39)40)35-14-24(36)34(13-17-7-8-18(29)11-21(17)30)23-10-9-19(12-20(23)27(35)38)33-26(37)16-5-3-15(4-6-16)25(31)32/h3-12,22H,2,13-14H2,1H3,(H3,31,32)(H,33,37)(H,39,40). The van der Waals surface area contributed by atoms with E-state index in [1.165, 1.54) is 48.5 Å². The number of carboxylic acids is 1. The molecule has 0 aromatic heterocycles. The largest absolute Gasteiger partial charge is 0.480 e.